The molecule has 1 saturated carbocycles. The third-order valence-electron chi connectivity index (χ3n) is 8.22. The van der Waals surface area contributed by atoms with E-state index in [1.54, 1.807) is 11.1 Å². The zero-order valence-electron chi connectivity index (χ0n) is 18.8. The lowest BCUT2D eigenvalue weighted by atomic mass is 9.67. The summed E-state index contributed by atoms with van der Waals surface area (Å²) in [5.74, 6) is 3.47. The third-order valence-corrected chi connectivity index (χ3v) is 8.22. The minimum atomic E-state index is 0.495. The minimum Gasteiger partial charge on any atom is -0.299 e. The van der Waals surface area contributed by atoms with Gasteiger partial charge in [0.2, 0.25) is 0 Å². The highest BCUT2D eigenvalue weighted by Gasteiger charge is 2.32. The Balaban J connectivity index is 1.24. The summed E-state index contributed by atoms with van der Waals surface area (Å²) in [6.07, 6.45) is 27.3. The van der Waals surface area contributed by atoms with Gasteiger partial charge in [-0.2, -0.15) is 0 Å². The first kappa shape index (κ1) is 22.1. The van der Waals surface area contributed by atoms with E-state index < -0.39 is 0 Å². The molecule has 0 N–H and O–H groups in total. The maximum atomic E-state index is 11.7. The predicted octanol–water partition coefficient (Wildman–Crippen LogP) is 8.56. The van der Waals surface area contributed by atoms with Crippen molar-refractivity contribution >= 4 is 5.78 Å². The van der Waals surface area contributed by atoms with Crippen molar-refractivity contribution in [1.82, 2.24) is 0 Å². The van der Waals surface area contributed by atoms with E-state index in [2.05, 4.69) is 6.92 Å². The maximum absolute atomic E-state index is 11.7. The highest BCUT2D eigenvalue weighted by atomic mass is 16.1. The predicted molar refractivity (Wildman–Crippen MR) is 121 cm³/mol. The Hall–Kier alpha value is -0.590. The van der Waals surface area contributed by atoms with Crippen LogP contribution in [0.3, 0.4) is 0 Å². The van der Waals surface area contributed by atoms with Crippen LogP contribution in [0.25, 0.3) is 0 Å². The Labute approximate surface area is 175 Å². The Bertz CT molecular complexity index is 494. The molecule has 1 nitrogen and oxygen atoms in total. The first-order valence-corrected chi connectivity index (χ1v) is 13.0. The molecule has 0 saturated heterocycles. The molecule has 0 heterocycles. The molecular formula is C27H46O. The number of rotatable bonds is 11. The van der Waals surface area contributed by atoms with Crippen LogP contribution in [0.2, 0.25) is 0 Å². The molecule has 0 aromatic rings. The molecule has 28 heavy (non-hydrogen) atoms. The van der Waals surface area contributed by atoms with Crippen LogP contribution in [0.5, 0.6) is 0 Å². The summed E-state index contributed by atoms with van der Waals surface area (Å²) >= 11 is 0. The molecule has 3 aliphatic rings. The molecule has 0 amide bonds. The van der Waals surface area contributed by atoms with E-state index in [1.807, 2.05) is 0 Å². The van der Waals surface area contributed by atoms with Crippen molar-refractivity contribution in [3.63, 3.8) is 0 Å². The fourth-order valence-electron chi connectivity index (χ4n) is 6.30. The van der Waals surface area contributed by atoms with Gasteiger partial charge in [0.15, 0.2) is 0 Å². The van der Waals surface area contributed by atoms with Crippen LogP contribution >= 0.6 is 0 Å². The number of unbranched alkanes of at least 4 members (excludes halogenated alkanes) is 8. The van der Waals surface area contributed by atoms with Gasteiger partial charge in [0, 0.05) is 12.8 Å². The van der Waals surface area contributed by atoms with E-state index in [-0.39, 0.29) is 0 Å². The van der Waals surface area contributed by atoms with Gasteiger partial charge >= 0.3 is 0 Å². The van der Waals surface area contributed by atoms with Crippen LogP contribution < -0.4 is 0 Å². The van der Waals surface area contributed by atoms with Crippen molar-refractivity contribution in [1.29, 1.82) is 0 Å². The van der Waals surface area contributed by atoms with Crippen molar-refractivity contribution in [3.8, 4) is 0 Å². The molecule has 3 aliphatic carbocycles. The van der Waals surface area contributed by atoms with Crippen molar-refractivity contribution in [3.05, 3.63) is 11.1 Å². The minimum absolute atomic E-state index is 0.495. The lowest BCUT2D eigenvalue weighted by Crippen LogP contribution is -2.26. The average molecular weight is 387 g/mol. The highest BCUT2D eigenvalue weighted by Crippen LogP contribution is 2.45. The molecule has 0 spiro atoms. The van der Waals surface area contributed by atoms with Crippen LogP contribution in [-0.2, 0) is 4.79 Å². The van der Waals surface area contributed by atoms with E-state index in [4.69, 9.17) is 0 Å². The second kappa shape index (κ2) is 12.2. The molecule has 1 atom stereocenters. The molecule has 0 aromatic carbocycles. The first-order chi connectivity index (χ1) is 13.8. The number of Topliss-reactive ketones (excluding diaryl/α,β-unsaturated/α-hetero) is 1. The molecule has 0 bridgehead atoms. The molecule has 3 rings (SSSR count). The standard InChI is InChI=1S/C27H46O/c1-2-3-4-5-6-7-8-9-10-11-22-12-14-23(15-13-22)24-16-17-26-21-27(28)19-18-25(26)20-24/h22-24H,2-21H2,1H3. The van der Waals surface area contributed by atoms with Gasteiger partial charge in [0.05, 0.1) is 0 Å². The van der Waals surface area contributed by atoms with Crippen LogP contribution in [0, 0.1) is 17.8 Å². The smallest absolute Gasteiger partial charge is 0.137 e. The molecule has 0 aromatic heterocycles. The molecule has 1 heteroatoms. The van der Waals surface area contributed by atoms with Crippen molar-refractivity contribution in [2.45, 2.75) is 135 Å². The lowest BCUT2D eigenvalue weighted by Gasteiger charge is -2.38. The van der Waals surface area contributed by atoms with Crippen molar-refractivity contribution in [2.75, 3.05) is 0 Å². The number of carbonyl (C=O) groups is 1. The van der Waals surface area contributed by atoms with Gasteiger partial charge in [-0.1, -0.05) is 95.1 Å². The highest BCUT2D eigenvalue weighted by molar-refractivity contribution is 5.82. The maximum Gasteiger partial charge on any atom is 0.137 e. The number of allylic oxidation sites excluding steroid dienone is 2. The summed E-state index contributed by atoms with van der Waals surface area (Å²) in [5.41, 5.74) is 3.25. The Kier molecular flexibility index (Phi) is 9.62. The molecule has 1 unspecified atom stereocenters. The summed E-state index contributed by atoms with van der Waals surface area (Å²) in [7, 11) is 0. The van der Waals surface area contributed by atoms with Crippen LogP contribution in [0.4, 0.5) is 0 Å². The van der Waals surface area contributed by atoms with Crippen molar-refractivity contribution in [2.24, 2.45) is 17.8 Å². The van der Waals surface area contributed by atoms with Gasteiger partial charge in [0.1, 0.15) is 5.78 Å². The Morgan fingerprint density at radius 3 is 2.07 bits per heavy atom. The second-order valence-electron chi connectivity index (χ2n) is 10.3. The van der Waals surface area contributed by atoms with E-state index in [0.717, 1.165) is 37.0 Å². The number of carbonyl (C=O) groups excluding carboxylic acids is 1. The third kappa shape index (κ3) is 7.03. The summed E-state index contributed by atoms with van der Waals surface area (Å²) < 4.78 is 0. The monoisotopic (exact) mass is 386 g/mol. The fraction of sp³-hybridized carbons (Fsp3) is 0.889. The molecule has 0 radical (unpaired) electrons. The van der Waals surface area contributed by atoms with Gasteiger partial charge < -0.3 is 0 Å². The normalized spacial score (nSPS) is 28.5. The Morgan fingerprint density at radius 2 is 1.36 bits per heavy atom. The van der Waals surface area contributed by atoms with Gasteiger partial charge in [-0.05, 0) is 56.3 Å². The van der Waals surface area contributed by atoms with E-state index >= 15 is 0 Å². The topological polar surface area (TPSA) is 17.1 Å². The zero-order chi connectivity index (χ0) is 19.6. The largest absolute Gasteiger partial charge is 0.299 e. The van der Waals surface area contributed by atoms with E-state index in [0.29, 0.717) is 5.78 Å². The fourth-order valence-corrected chi connectivity index (χ4v) is 6.30. The SMILES string of the molecule is CCCCCCCCCCCC1CCC(C2CCC3=C(CCC(=O)C3)C2)CC1. The first-order valence-electron chi connectivity index (χ1n) is 13.0. The number of ketones is 1. The van der Waals surface area contributed by atoms with E-state index in [1.165, 1.54) is 109 Å². The van der Waals surface area contributed by atoms with Gasteiger partial charge in [-0.15, -0.1) is 0 Å². The lowest BCUT2D eigenvalue weighted by molar-refractivity contribution is -0.118. The number of hydrogen-bond donors (Lipinski definition) is 0. The van der Waals surface area contributed by atoms with E-state index in [9.17, 15) is 4.79 Å². The van der Waals surface area contributed by atoms with Crippen molar-refractivity contribution < 1.29 is 4.79 Å². The Morgan fingerprint density at radius 1 is 0.679 bits per heavy atom. The summed E-state index contributed by atoms with van der Waals surface area (Å²) in [6, 6.07) is 0. The molecule has 1 fully saturated rings. The number of hydrogen-bond acceptors (Lipinski definition) is 1. The summed E-state index contributed by atoms with van der Waals surface area (Å²) in [5, 5.41) is 0. The summed E-state index contributed by atoms with van der Waals surface area (Å²) in [6.45, 7) is 2.30. The van der Waals surface area contributed by atoms with Gasteiger partial charge in [-0.3, -0.25) is 4.79 Å². The van der Waals surface area contributed by atoms with Crippen LogP contribution in [-0.4, -0.2) is 5.78 Å². The van der Waals surface area contributed by atoms with Crippen LogP contribution in [0.1, 0.15) is 135 Å². The zero-order valence-corrected chi connectivity index (χ0v) is 18.8. The molecule has 0 aliphatic heterocycles. The van der Waals surface area contributed by atoms with Crippen LogP contribution in [0.15, 0.2) is 11.1 Å². The quantitative estimate of drug-likeness (QED) is 0.257. The summed E-state index contributed by atoms with van der Waals surface area (Å²) in [4.78, 5) is 11.7. The molecule has 160 valence electrons. The van der Waals surface area contributed by atoms with Gasteiger partial charge in [0.25, 0.3) is 0 Å². The average Bonchev–Trinajstić information content (AvgIpc) is 2.72. The molecular weight excluding hydrogens is 340 g/mol. The van der Waals surface area contributed by atoms with Gasteiger partial charge in [-0.25, -0.2) is 0 Å². The second-order valence-corrected chi connectivity index (χ2v) is 10.3.